The zero-order valence-corrected chi connectivity index (χ0v) is 16.1. The standard InChI is InChI=1S/C24H21ClN2/c1-2-27-14-13-18-20(15-27)24(19-9-5-6-10-21(19)25)26-22-12-11-16-7-3-4-8-17(16)23(18)22/h3-12H,2,13-15H2,1H3. The van der Waals surface area contributed by atoms with Crippen molar-refractivity contribution in [2.45, 2.75) is 19.9 Å². The van der Waals surface area contributed by atoms with Crippen molar-refractivity contribution in [3.05, 3.63) is 76.8 Å². The van der Waals surface area contributed by atoms with Crippen LogP contribution >= 0.6 is 11.6 Å². The molecule has 0 aliphatic carbocycles. The number of likely N-dealkylation sites (N-methyl/N-ethyl adjacent to an activating group) is 1. The van der Waals surface area contributed by atoms with Crippen molar-refractivity contribution in [2.24, 2.45) is 0 Å². The Morgan fingerprint density at radius 2 is 1.78 bits per heavy atom. The number of hydrogen-bond acceptors (Lipinski definition) is 2. The fourth-order valence-corrected chi connectivity index (χ4v) is 4.54. The van der Waals surface area contributed by atoms with Crippen molar-refractivity contribution >= 4 is 33.3 Å². The quantitative estimate of drug-likeness (QED) is 0.396. The predicted molar refractivity (Wildman–Crippen MR) is 114 cm³/mol. The maximum atomic E-state index is 6.56. The van der Waals surface area contributed by atoms with E-state index in [1.165, 1.54) is 27.3 Å². The fourth-order valence-electron chi connectivity index (χ4n) is 4.32. The molecule has 2 heterocycles. The van der Waals surface area contributed by atoms with Crippen molar-refractivity contribution < 1.29 is 0 Å². The topological polar surface area (TPSA) is 16.1 Å². The molecule has 134 valence electrons. The van der Waals surface area contributed by atoms with Gasteiger partial charge in [-0.2, -0.15) is 0 Å². The van der Waals surface area contributed by atoms with Crippen LogP contribution in [0.1, 0.15) is 18.1 Å². The molecule has 0 spiro atoms. The summed E-state index contributed by atoms with van der Waals surface area (Å²) in [7, 11) is 0. The smallest absolute Gasteiger partial charge is 0.0772 e. The van der Waals surface area contributed by atoms with Crippen LogP contribution in [0.25, 0.3) is 32.9 Å². The maximum absolute atomic E-state index is 6.56. The lowest BCUT2D eigenvalue weighted by Crippen LogP contribution is -2.31. The molecule has 3 heteroatoms. The monoisotopic (exact) mass is 372 g/mol. The molecule has 1 aliphatic rings. The van der Waals surface area contributed by atoms with Crippen LogP contribution in [-0.4, -0.2) is 23.0 Å². The summed E-state index contributed by atoms with van der Waals surface area (Å²) >= 11 is 6.56. The van der Waals surface area contributed by atoms with E-state index in [-0.39, 0.29) is 0 Å². The maximum Gasteiger partial charge on any atom is 0.0772 e. The van der Waals surface area contributed by atoms with Crippen LogP contribution in [0.4, 0.5) is 0 Å². The van der Waals surface area contributed by atoms with Crippen molar-refractivity contribution in [1.82, 2.24) is 9.88 Å². The minimum Gasteiger partial charge on any atom is -0.299 e. The molecule has 0 unspecified atom stereocenters. The second-order valence-electron chi connectivity index (χ2n) is 7.20. The lowest BCUT2D eigenvalue weighted by atomic mass is 9.89. The summed E-state index contributed by atoms with van der Waals surface area (Å²) in [4.78, 5) is 7.61. The molecule has 0 N–H and O–H groups in total. The number of aromatic nitrogens is 1. The van der Waals surface area contributed by atoms with Gasteiger partial charge in [0.1, 0.15) is 0 Å². The molecular weight excluding hydrogens is 352 g/mol. The van der Waals surface area contributed by atoms with Crippen LogP contribution in [0.5, 0.6) is 0 Å². The number of hydrogen-bond donors (Lipinski definition) is 0. The summed E-state index contributed by atoms with van der Waals surface area (Å²) in [5.41, 5.74) is 5.91. The average molecular weight is 373 g/mol. The van der Waals surface area contributed by atoms with Crippen LogP contribution in [0.2, 0.25) is 5.02 Å². The van der Waals surface area contributed by atoms with E-state index in [4.69, 9.17) is 16.6 Å². The van der Waals surface area contributed by atoms with E-state index >= 15 is 0 Å². The van der Waals surface area contributed by atoms with Gasteiger partial charge in [-0.3, -0.25) is 4.90 Å². The van der Waals surface area contributed by atoms with E-state index in [1.807, 2.05) is 18.2 Å². The van der Waals surface area contributed by atoms with Crippen LogP contribution in [-0.2, 0) is 13.0 Å². The normalized spacial score (nSPS) is 14.6. The molecule has 0 saturated heterocycles. The Hall–Kier alpha value is -2.42. The van der Waals surface area contributed by atoms with Crippen LogP contribution in [0.3, 0.4) is 0 Å². The van der Waals surface area contributed by atoms with Gasteiger partial charge >= 0.3 is 0 Å². The third-order valence-corrected chi connectivity index (χ3v) is 6.06. The summed E-state index contributed by atoms with van der Waals surface area (Å²) in [5.74, 6) is 0. The summed E-state index contributed by atoms with van der Waals surface area (Å²) in [6.45, 7) is 5.30. The lowest BCUT2D eigenvalue weighted by Gasteiger charge is -2.30. The fraction of sp³-hybridized carbons (Fsp3) is 0.208. The van der Waals surface area contributed by atoms with Gasteiger partial charge in [-0.05, 0) is 47.0 Å². The average Bonchev–Trinajstić information content (AvgIpc) is 2.72. The highest BCUT2D eigenvalue weighted by atomic mass is 35.5. The summed E-state index contributed by atoms with van der Waals surface area (Å²) in [6, 6.07) is 21.0. The first-order chi connectivity index (χ1) is 13.3. The molecular formula is C24H21ClN2. The molecule has 0 saturated carbocycles. The Bertz CT molecular complexity index is 1170. The Morgan fingerprint density at radius 3 is 2.63 bits per heavy atom. The van der Waals surface area contributed by atoms with Gasteiger partial charge in [0.05, 0.1) is 11.2 Å². The summed E-state index contributed by atoms with van der Waals surface area (Å²) in [5, 5.41) is 4.66. The number of fused-ring (bicyclic) bond motifs is 5. The lowest BCUT2D eigenvalue weighted by molar-refractivity contribution is 0.269. The van der Waals surface area contributed by atoms with Gasteiger partial charge in [-0.15, -0.1) is 0 Å². The molecule has 2 nitrogen and oxygen atoms in total. The van der Waals surface area contributed by atoms with E-state index in [2.05, 4.69) is 54.3 Å². The highest BCUT2D eigenvalue weighted by molar-refractivity contribution is 6.33. The van der Waals surface area contributed by atoms with Crippen molar-refractivity contribution in [2.75, 3.05) is 13.1 Å². The van der Waals surface area contributed by atoms with Crippen molar-refractivity contribution in [1.29, 1.82) is 0 Å². The number of nitrogens with zero attached hydrogens (tertiary/aromatic N) is 2. The van der Waals surface area contributed by atoms with Crippen LogP contribution < -0.4 is 0 Å². The number of benzene rings is 3. The van der Waals surface area contributed by atoms with Crippen LogP contribution in [0, 0.1) is 0 Å². The Kier molecular flexibility index (Phi) is 4.11. The Balaban J connectivity index is 1.89. The Morgan fingerprint density at radius 1 is 0.963 bits per heavy atom. The third kappa shape index (κ3) is 2.72. The van der Waals surface area contributed by atoms with Gasteiger partial charge in [0.15, 0.2) is 0 Å². The van der Waals surface area contributed by atoms with Crippen molar-refractivity contribution in [3.8, 4) is 11.3 Å². The molecule has 3 aromatic carbocycles. The third-order valence-electron chi connectivity index (χ3n) is 5.73. The highest BCUT2D eigenvalue weighted by Gasteiger charge is 2.24. The van der Waals surface area contributed by atoms with E-state index in [0.717, 1.165) is 47.9 Å². The summed E-state index contributed by atoms with van der Waals surface area (Å²) < 4.78 is 0. The number of pyridine rings is 1. The first-order valence-electron chi connectivity index (χ1n) is 9.56. The zero-order chi connectivity index (χ0) is 18.4. The molecule has 1 aromatic heterocycles. The Labute approximate surface area is 164 Å². The van der Waals surface area contributed by atoms with Crippen LogP contribution in [0.15, 0.2) is 60.7 Å². The second-order valence-corrected chi connectivity index (χ2v) is 7.60. The molecule has 0 radical (unpaired) electrons. The van der Waals surface area contributed by atoms with E-state index in [1.54, 1.807) is 0 Å². The largest absolute Gasteiger partial charge is 0.299 e. The van der Waals surface area contributed by atoms with E-state index in [9.17, 15) is 0 Å². The molecule has 0 fully saturated rings. The minimum absolute atomic E-state index is 0.765. The number of halogens is 1. The molecule has 0 bridgehead atoms. The SMILES string of the molecule is CCN1CCc2c(c(-c3ccccc3Cl)nc3ccc4ccccc4c23)C1. The molecule has 27 heavy (non-hydrogen) atoms. The van der Waals surface area contributed by atoms with Gasteiger partial charge in [0, 0.05) is 29.1 Å². The zero-order valence-electron chi connectivity index (χ0n) is 15.4. The summed E-state index contributed by atoms with van der Waals surface area (Å²) in [6.07, 6.45) is 1.05. The van der Waals surface area contributed by atoms with Gasteiger partial charge in [0.25, 0.3) is 0 Å². The first-order valence-corrected chi connectivity index (χ1v) is 9.94. The van der Waals surface area contributed by atoms with Gasteiger partial charge in [-0.25, -0.2) is 4.98 Å². The van der Waals surface area contributed by atoms with Gasteiger partial charge in [0.2, 0.25) is 0 Å². The molecule has 0 atom stereocenters. The second kappa shape index (κ2) is 6.63. The van der Waals surface area contributed by atoms with E-state index < -0.39 is 0 Å². The van der Waals surface area contributed by atoms with Gasteiger partial charge < -0.3 is 0 Å². The molecule has 4 aromatic rings. The van der Waals surface area contributed by atoms with E-state index in [0.29, 0.717) is 0 Å². The molecule has 1 aliphatic heterocycles. The molecule has 5 rings (SSSR count). The van der Waals surface area contributed by atoms with Gasteiger partial charge in [-0.1, -0.05) is 67.1 Å². The number of rotatable bonds is 2. The minimum atomic E-state index is 0.765. The first kappa shape index (κ1) is 16.7. The highest BCUT2D eigenvalue weighted by Crippen LogP contribution is 2.39. The molecule has 0 amide bonds. The van der Waals surface area contributed by atoms with Crippen molar-refractivity contribution in [3.63, 3.8) is 0 Å². The predicted octanol–water partition coefficient (Wildman–Crippen LogP) is 6.09.